The molecule has 0 aliphatic carbocycles. The van der Waals surface area contributed by atoms with Crippen LogP contribution >= 0.6 is 0 Å². The van der Waals surface area contributed by atoms with Crippen molar-refractivity contribution < 1.29 is 19.2 Å². The van der Waals surface area contributed by atoms with E-state index in [-0.39, 0.29) is 5.89 Å². The minimum atomic E-state index is -1.25. The van der Waals surface area contributed by atoms with Gasteiger partial charge in [0, 0.05) is 13.1 Å². The quantitative estimate of drug-likeness (QED) is 0.792. The number of nitrogens with zero attached hydrogens (tertiary/aromatic N) is 4. The van der Waals surface area contributed by atoms with Crippen molar-refractivity contribution in [1.82, 2.24) is 19.9 Å². The third kappa shape index (κ3) is 1.60. The van der Waals surface area contributed by atoms with Gasteiger partial charge in [-0.1, -0.05) is 0 Å². The van der Waals surface area contributed by atoms with Crippen LogP contribution in [0.3, 0.4) is 0 Å². The molecule has 84 valence electrons. The van der Waals surface area contributed by atoms with E-state index in [1.54, 1.807) is 13.1 Å². The van der Waals surface area contributed by atoms with Gasteiger partial charge in [-0.3, -0.25) is 0 Å². The number of carboxylic acid groups (broad SMARTS) is 1. The van der Waals surface area contributed by atoms with E-state index in [1.165, 1.54) is 11.8 Å². The summed E-state index contributed by atoms with van der Waals surface area (Å²) in [6.45, 7) is 0. The van der Waals surface area contributed by atoms with Crippen molar-refractivity contribution in [2.75, 3.05) is 7.11 Å². The first-order chi connectivity index (χ1) is 7.61. The summed E-state index contributed by atoms with van der Waals surface area (Å²) in [5, 5.41) is 15.9. The van der Waals surface area contributed by atoms with E-state index in [0.29, 0.717) is 11.6 Å². The fourth-order valence-electron chi connectivity index (χ4n) is 1.16. The van der Waals surface area contributed by atoms with Crippen LogP contribution in [0.15, 0.2) is 10.6 Å². The van der Waals surface area contributed by atoms with Crippen LogP contribution in [0.1, 0.15) is 10.6 Å². The van der Waals surface area contributed by atoms with E-state index in [9.17, 15) is 4.79 Å². The predicted octanol–water partition coefficient (Wildman–Crippen LogP) is 0.177. The Labute approximate surface area is 89.4 Å². The Morgan fingerprint density at radius 2 is 2.38 bits per heavy atom. The zero-order chi connectivity index (χ0) is 11.7. The third-order valence-electron chi connectivity index (χ3n) is 1.88. The van der Waals surface area contributed by atoms with Gasteiger partial charge in [0.15, 0.2) is 5.69 Å². The van der Waals surface area contributed by atoms with Crippen LogP contribution in [0.2, 0.25) is 0 Å². The number of hydrogen-bond acceptors (Lipinski definition) is 6. The minimum absolute atomic E-state index is 0.0382. The number of methoxy groups -OCH3 is 1. The van der Waals surface area contributed by atoms with Crippen molar-refractivity contribution in [2.45, 2.75) is 0 Å². The van der Waals surface area contributed by atoms with Crippen molar-refractivity contribution in [2.24, 2.45) is 7.05 Å². The lowest BCUT2D eigenvalue weighted by Gasteiger charge is -1.95. The molecule has 8 nitrogen and oxygen atoms in total. The van der Waals surface area contributed by atoms with Crippen molar-refractivity contribution in [1.29, 1.82) is 0 Å². The molecule has 0 bridgehead atoms. The largest absolute Gasteiger partial charge is 0.481 e. The summed E-state index contributed by atoms with van der Waals surface area (Å²) in [5.74, 6) is -1.11. The highest BCUT2D eigenvalue weighted by Gasteiger charge is 2.17. The molecule has 2 aromatic heterocycles. The minimum Gasteiger partial charge on any atom is -0.481 e. The van der Waals surface area contributed by atoms with Crippen molar-refractivity contribution in [3.05, 3.63) is 11.9 Å². The maximum atomic E-state index is 10.5. The molecule has 2 heterocycles. The molecule has 1 N–H and O–H groups in total. The predicted molar refractivity (Wildman–Crippen MR) is 50.0 cm³/mol. The highest BCUT2D eigenvalue weighted by molar-refractivity contribution is 5.83. The van der Waals surface area contributed by atoms with Gasteiger partial charge < -0.3 is 14.4 Å². The molecule has 0 saturated carbocycles. The summed E-state index contributed by atoms with van der Waals surface area (Å²) in [6.07, 6.45) is 0. The molecule has 0 saturated heterocycles. The molecule has 0 unspecified atom stereocenters. The molecule has 16 heavy (non-hydrogen) atoms. The molecule has 0 aliphatic heterocycles. The molecule has 0 atom stereocenters. The van der Waals surface area contributed by atoms with Gasteiger partial charge in [-0.25, -0.2) is 9.48 Å². The standard InChI is InChI=1S/C8H8N4O4/c1-12-5(15-2)3-4(10-12)7-9-6(8(13)14)11-16-7/h3H,1-2H3,(H,13,14). The zero-order valence-electron chi connectivity index (χ0n) is 8.54. The van der Waals surface area contributed by atoms with Gasteiger partial charge in [-0.15, -0.1) is 0 Å². The fraction of sp³-hybridized carbons (Fsp3) is 0.250. The van der Waals surface area contributed by atoms with E-state index in [2.05, 4.69) is 15.2 Å². The normalized spacial score (nSPS) is 10.4. The average Bonchev–Trinajstić information content (AvgIpc) is 2.83. The summed E-state index contributed by atoms with van der Waals surface area (Å²) in [6, 6.07) is 1.57. The summed E-state index contributed by atoms with van der Waals surface area (Å²) < 4.78 is 11.2. The Morgan fingerprint density at radius 1 is 1.62 bits per heavy atom. The second kappa shape index (κ2) is 3.65. The third-order valence-corrected chi connectivity index (χ3v) is 1.88. The topological polar surface area (TPSA) is 103 Å². The van der Waals surface area contributed by atoms with E-state index in [1.807, 2.05) is 0 Å². The lowest BCUT2D eigenvalue weighted by atomic mass is 10.4. The molecule has 0 fully saturated rings. The Morgan fingerprint density at radius 3 is 2.88 bits per heavy atom. The van der Waals surface area contributed by atoms with Crippen LogP contribution in [0.4, 0.5) is 0 Å². The smallest absolute Gasteiger partial charge is 0.377 e. The van der Waals surface area contributed by atoms with E-state index in [0.717, 1.165) is 0 Å². The summed E-state index contributed by atoms with van der Waals surface area (Å²) in [4.78, 5) is 14.2. The van der Waals surface area contributed by atoms with Gasteiger partial charge in [-0.2, -0.15) is 10.1 Å². The van der Waals surface area contributed by atoms with Crippen LogP contribution in [0, 0.1) is 0 Å². The molecule has 0 spiro atoms. The van der Waals surface area contributed by atoms with Crippen LogP contribution in [0.25, 0.3) is 11.6 Å². The first-order valence-corrected chi connectivity index (χ1v) is 4.27. The number of aromatic carboxylic acids is 1. The number of carbonyl (C=O) groups is 1. The van der Waals surface area contributed by atoms with Gasteiger partial charge in [0.05, 0.1) is 7.11 Å². The SMILES string of the molecule is COc1cc(-c2nc(C(=O)O)no2)nn1C. The Hall–Kier alpha value is -2.38. The Balaban J connectivity index is 2.38. The highest BCUT2D eigenvalue weighted by atomic mass is 16.5. The van der Waals surface area contributed by atoms with E-state index >= 15 is 0 Å². The highest BCUT2D eigenvalue weighted by Crippen LogP contribution is 2.20. The zero-order valence-corrected chi connectivity index (χ0v) is 8.54. The van der Waals surface area contributed by atoms with Crippen LogP contribution in [0.5, 0.6) is 5.88 Å². The molecule has 2 aromatic rings. The maximum absolute atomic E-state index is 10.5. The first-order valence-electron chi connectivity index (χ1n) is 4.27. The van der Waals surface area contributed by atoms with Gasteiger partial charge in [-0.05, 0) is 5.16 Å². The molecule has 0 aromatic carbocycles. The molecule has 0 amide bonds. The van der Waals surface area contributed by atoms with Crippen molar-refractivity contribution in [3.8, 4) is 17.5 Å². The monoisotopic (exact) mass is 224 g/mol. The van der Waals surface area contributed by atoms with E-state index < -0.39 is 11.8 Å². The van der Waals surface area contributed by atoms with Crippen molar-refractivity contribution in [3.63, 3.8) is 0 Å². The van der Waals surface area contributed by atoms with E-state index in [4.69, 9.17) is 14.4 Å². The summed E-state index contributed by atoms with van der Waals surface area (Å²) in [7, 11) is 3.17. The number of hydrogen-bond donors (Lipinski definition) is 1. The number of carboxylic acids is 1. The molecule has 2 rings (SSSR count). The van der Waals surface area contributed by atoms with Gasteiger partial charge >= 0.3 is 5.97 Å². The summed E-state index contributed by atoms with van der Waals surface area (Å²) in [5.41, 5.74) is 0.361. The Bertz CT molecular complexity index is 530. The second-order valence-corrected chi connectivity index (χ2v) is 2.92. The van der Waals surface area contributed by atoms with Crippen molar-refractivity contribution >= 4 is 5.97 Å². The number of rotatable bonds is 3. The molecule has 0 aliphatic rings. The first kappa shape index (κ1) is 10.1. The molecular formula is C8H8N4O4. The second-order valence-electron chi connectivity index (χ2n) is 2.92. The summed E-state index contributed by atoms with van der Waals surface area (Å²) >= 11 is 0. The van der Waals surface area contributed by atoms with Gasteiger partial charge in [0.1, 0.15) is 0 Å². The maximum Gasteiger partial charge on any atom is 0.377 e. The molecular weight excluding hydrogens is 216 g/mol. The Kier molecular flexibility index (Phi) is 2.31. The van der Waals surface area contributed by atoms with Gasteiger partial charge in [0.25, 0.3) is 11.7 Å². The lowest BCUT2D eigenvalue weighted by molar-refractivity contribution is 0.0680. The average molecular weight is 224 g/mol. The van der Waals surface area contributed by atoms with Crippen LogP contribution < -0.4 is 4.74 Å². The lowest BCUT2D eigenvalue weighted by Crippen LogP contribution is -1.98. The molecule has 8 heteroatoms. The van der Waals surface area contributed by atoms with Crippen LogP contribution in [-0.2, 0) is 7.05 Å². The fourth-order valence-corrected chi connectivity index (χ4v) is 1.16. The van der Waals surface area contributed by atoms with Gasteiger partial charge in [0.2, 0.25) is 5.88 Å². The van der Waals surface area contributed by atoms with Crippen LogP contribution in [-0.4, -0.2) is 38.1 Å². The number of aromatic nitrogens is 4. The number of ether oxygens (including phenoxy) is 1. The molecule has 0 radical (unpaired) electrons. The number of aryl methyl sites for hydroxylation is 1.